The third-order valence-electron chi connectivity index (χ3n) is 3.28. The highest BCUT2D eigenvalue weighted by Gasteiger charge is 2.19. The van der Waals surface area contributed by atoms with Crippen LogP contribution >= 0.6 is 0 Å². The van der Waals surface area contributed by atoms with Crippen LogP contribution in [0.5, 0.6) is 5.75 Å². The van der Waals surface area contributed by atoms with Gasteiger partial charge in [0, 0.05) is 32.4 Å². The van der Waals surface area contributed by atoms with Gasteiger partial charge < -0.3 is 20.6 Å². The van der Waals surface area contributed by atoms with Gasteiger partial charge in [-0.15, -0.1) is 0 Å². The summed E-state index contributed by atoms with van der Waals surface area (Å²) >= 11 is 0. The van der Waals surface area contributed by atoms with Crippen molar-refractivity contribution < 1.29 is 9.90 Å². The van der Waals surface area contributed by atoms with Crippen LogP contribution in [0.3, 0.4) is 0 Å². The molecule has 0 aromatic heterocycles. The third-order valence-corrected chi connectivity index (χ3v) is 3.28. The summed E-state index contributed by atoms with van der Waals surface area (Å²) in [5, 5.41) is 24.9. The van der Waals surface area contributed by atoms with Crippen LogP contribution in [0.15, 0.2) is 30.0 Å². The minimum Gasteiger partial charge on any atom is -0.506 e. The molecule has 0 spiro atoms. The second kappa shape index (κ2) is 6.77. The number of nitrogens with one attached hydrogen (secondary N) is 2. The van der Waals surface area contributed by atoms with Gasteiger partial charge in [0.2, 0.25) is 0 Å². The van der Waals surface area contributed by atoms with E-state index in [9.17, 15) is 9.90 Å². The Morgan fingerprint density at radius 3 is 2.81 bits per heavy atom. The summed E-state index contributed by atoms with van der Waals surface area (Å²) in [6.45, 7) is 4.52. The number of hydrogen-bond donors (Lipinski definition) is 3. The lowest BCUT2D eigenvalue weighted by Gasteiger charge is -2.27. The molecule has 1 aliphatic heterocycles. The van der Waals surface area contributed by atoms with Gasteiger partial charge in [0.25, 0.3) is 5.91 Å². The number of rotatable bonds is 3. The topological polar surface area (TPSA) is 88.4 Å². The zero-order valence-corrected chi connectivity index (χ0v) is 11.9. The van der Waals surface area contributed by atoms with E-state index in [1.165, 1.54) is 6.20 Å². The molecule has 1 aromatic carbocycles. The predicted molar refractivity (Wildman–Crippen MR) is 79.6 cm³/mol. The molecule has 110 valence electrons. The Labute approximate surface area is 123 Å². The van der Waals surface area contributed by atoms with Crippen LogP contribution in [0.25, 0.3) is 0 Å². The van der Waals surface area contributed by atoms with Crippen molar-refractivity contribution in [3.8, 4) is 11.8 Å². The van der Waals surface area contributed by atoms with E-state index in [0.29, 0.717) is 18.8 Å². The van der Waals surface area contributed by atoms with E-state index >= 15 is 0 Å². The van der Waals surface area contributed by atoms with Gasteiger partial charge in [0.05, 0.1) is 5.69 Å². The maximum absolute atomic E-state index is 12.2. The first-order valence-electron chi connectivity index (χ1n) is 6.78. The summed E-state index contributed by atoms with van der Waals surface area (Å²) in [6.07, 6.45) is 1.34. The fourth-order valence-electron chi connectivity index (χ4n) is 2.09. The summed E-state index contributed by atoms with van der Waals surface area (Å²) in [5.74, 6) is -0.212. The molecule has 1 saturated heterocycles. The third kappa shape index (κ3) is 3.74. The molecule has 21 heavy (non-hydrogen) atoms. The molecule has 1 aliphatic rings. The minimum absolute atomic E-state index is 0.0249. The van der Waals surface area contributed by atoms with Gasteiger partial charge in [-0.2, -0.15) is 5.26 Å². The lowest BCUT2D eigenvalue weighted by molar-refractivity contribution is -0.127. The Morgan fingerprint density at radius 2 is 2.19 bits per heavy atom. The second-order valence-electron chi connectivity index (χ2n) is 4.88. The maximum atomic E-state index is 12.2. The van der Waals surface area contributed by atoms with Crippen LogP contribution in [0.2, 0.25) is 0 Å². The second-order valence-corrected chi connectivity index (χ2v) is 4.88. The number of anilines is 1. The van der Waals surface area contributed by atoms with Gasteiger partial charge in [0.1, 0.15) is 17.4 Å². The molecule has 6 heteroatoms. The van der Waals surface area contributed by atoms with Gasteiger partial charge in [-0.3, -0.25) is 4.79 Å². The minimum atomic E-state index is -0.293. The molecule has 6 nitrogen and oxygen atoms in total. The van der Waals surface area contributed by atoms with E-state index in [2.05, 4.69) is 10.6 Å². The molecular weight excluding hydrogens is 268 g/mol. The number of amides is 1. The SMILES string of the molecule is Cc1ccc(N/C=C(/C#N)C(=O)N2CCNCC2)c(O)c1. The first kappa shape index (κ1) is 14.9. The van der Waals surface area contributed by atoms with Crippen LogP contribution in [0.4, 0.5) is 5.69 Å². The molecule has 1 heterocycles. The number of aromatic hydroxyl groups is 1. The van der Waals surface area contributed by atoms with Gasteiger partial charge in [-0.25, -0.2) is 0 Å². The van der Waals surface area contributed by atoms with E-state index in [4.69, 9.17) is 5.26 Å². The number of piperazine rings is 1. The summed E-state index contributed by atoms with van der Waals surface area (Å²) in [5.41, 5.74) is 1.41. The number of nitrogens with zero attached hydrogens (tertiary/aromatic N) is 2. The number of phenolic OH excluding ortho intramolecular Hbond substituents is 1. The first-order chi connectivity index (χ1) is 10.1. The largest absolute Gasteiger partial charge is 0.506 e. The molecule has 0 bridgehead atoms. The highest BCUT2D eigenvalue weighted by molar-refractivity contribution is 5.97. The highest BCUT2D eigenvalue weighted by atomic mass is 16.3. The number of nitriles is 1. The zero-order valence-electron chi connectivity index (χ0n) is 11.9. The van der Waals surface area contributed by atoms with Crippen molar-refractivity contribution in [2.45, 2.75) is 6.92 Å². The van der Waals surface area contributed by atoms with Crippen LogP contribution < -0.4 is 10.6 Å². The van der Waals surface area contributed by atoms with Crippen LogP contribution in [0, 0.1) is 18.3 Å². The summed E-state index contributed by atoms with van der Waals surface area (Å²) < 4.78 is 0. The van der Waals surface area contributed by atoms with Crippen molar-refractivity contribution in [2.75, 3.05) is 31.5 Å². The molecule has 2 rings (SSSR count). The fraction of sp³-hybridized carbons (Fsp3) is 0.333. The Bertz CT molecular complexity index is 598. The van der Waals surface area contributed by atoms with Gasteiger partial charge >= 0.3 is 0 Å². The molecule has 1 aromatic rings. The Balaban J connectivity index is 2.09. The van der Waals surface area contributed by atoms with Crippen molar-refractivity contribution in [3.05, 3.63) is 35.5 Å². The Hall–Kier alpha value is -2.52. The maximum Gasteiger partial charge on any atom is 0.266 e. The van der Waals surface area contributed by atoms with Crippen LogP contribution in [-0.2, 0) is 4.79 Å². The summed E-state index contributed by atoms with van der Waals surface area (Å²) in [7, 11) is 0. The average Bonchev–Trinajstić information content (AvgIpc) is 2.50. The van der Waals surface area contributed by atoms with Gasteiger partial charge in [-0.1, -0.05) is 6.07 Å². The number of benzene rings is 1. The zero-order chi connectivity index (χ0) is 15.2. The normalized spacial score (nSPS) is 15.4. The lowest BCUT2D eigenvalue weighted by atomic mass is 10.2. The summed E-state index contributed by atoms with van der Waals surface area (Å²) in [4.78, 5) is 13.8. The van der Waals surface area contributed by atoms with Crippen molar-refractivity contribution in [1.29, 1.82) is 5.26 Å². The number of hydrogen-bond acceptors (Lipinski definition) is 5. The molecule has 0 aliphatic carbocycles. The fourth-order valence-corrected chi connectivity index (χ4v) is 2.09. The molecule has 3 N–H and O–H groups in total. The van der Waals surface area contributed by atoms with E-state index in [1.54, 1.807) is 17.0 Å². The molecule has 1 amide bonds. The van der Waals surface area contributed by atoms with Crippen molar-refractivity contribution in [2.24, 2.45) is 0 Å². The van der Waals surface area contributed by atoms with Crippen molar-refractivity contribution >= 4 is 11.6 Å². The van der Waals surface area contributed by atoms with E-state index in [1.807, 2.05) is 19.1 Å². The monoisotopic (exact) mass is 286 g/mol. The molecular formula is C15H18N4O2. The van der Waals surface area contributed by atoms with E-state index in [0.717, 1.165) is 18.7 Å². The van der Waals surface area contributed by atoms with E-state index < -0.39 is 0 Å². The Kier molecular flexibility index (Phi) is 4.80. The molecule has 0 atom stereocenters. The quantitative estimate of drug-likeness (QED) is 0.437. The number of carbonyl (C=O) groups is 1. The van der Waals surface area contributed by atoms with Crippen molar-refractivity contribution in [3.63, 3.8) is 0 Å². The van der Waals surface area contributed by atoms with Crippen molar-refractivity contribution in [1.82, 2.24) is 10.2 Å². The van der Waals surface area contributed by atoms with Crippen LogP contribution in [0.1, 0.15) is 5.56 Å². The average molecular weight is 286 g/mol. The molecule has 1 fully saturated rings. The Morgan fingerprint density at radius 1 is 1.48 bits per heavy atom. The van der Waals surface area contributed by atoms with Gasteiger partial charge in [0.15, 0.2) is 0 Å². The summed E-state index contributed by atoms with van der Waals surface area (Å²) in [6, 6.07) is 7.05. The van der Waals surface area contributed by atoms with E-state index in [-0.39, 0.29) is 17.2 Å². The molecule has 0 radical (unpaired) electrons. The van der Waals surface area contributed by atoms with Gasteiger partial charge in [-0.05, 0) is 24.6 Å². The first-order valence-corrected chi connectivity index (χ1v) is 6.78. The van der Waals surface area contributed by atoms with Crippen LogP contribution in [-0.4, -0.2) is 42.1 Å². The highest BCUT2D eigenvalue weighted by Crippen LogP contribution is 2.24. The smallest absolute Gasteiger partial charge is 0.266 e. The molecule has 0 unspecified atom stereocenters. The molecule has 0 saturated carbocycles. The standard InChI is InChI=1S/C15H18N4O2/c1-11-2-3-13(14(20)8-11)18-10-12(9-16)15(21)19-6-4-17-5-7-19/h2-3,8,10,17-18,20H,4-7H2,1H3/b12-10-. The number of phenols is 1. The number of carbonyl (C=O) groups excluding carboxylic acids is 1. The predicted octanol–water partition coefficient (Wildman–Crippen LogP) is 0.952. The number of aryl methyl sites for hydroxylation is 1. The lowest BCUT2D eigenvalue weighted by Crippen LogP contribution is -2.46.